The normalized spacial score (nSPS) is 20.3. The number of morpholine rings is 1. The highest BCUT2D eigenvalue weighted by atomic mass is 79.9. The number of anilines is 1. The quantitative estimate of drug-likeness (QED) is 0.927. The van der Waals surface area contributed by atoms with Crippen LogP contribution in [0.4, 0.5) is 5.69 Å². The van der Waals surface area contributed by atoms with Crippen molar-refractivity contribution in [2.45, 2.75) is 20.0 Å². The minimum Gasteiger partial charge on any atom is -0.376 e. The van der Waals surface area contributed by atoms with Gasteiger partial charge in [-0.3, -0.25) is 9.69 Å². The molecule has 0 saturated carbocycles. The van der Waals surface area contributed by atoms with Gasteiger partial charge in [0.15, 0.2) is 0 Å². The van der Waals surface area contributed by atoms with Gasteiger partial charge in [0.25, 0.3) is 0 Å². The Kier molecular flexibility index (Phi) is 4.96. The molecule has 0 aliphatic carbocycles. The number of carbonyl (C=O) groups excluding carboxylic acids is 1. The van der Waals surface area contributed by atoms with E-state index in [2.05, 4.69) is 26.1 Å². The molecule has 0 radical (unpaired) electrons. The Hall–Kier alpha value is -0.910. The largest absolute Gasteiger partial charge is 0.376 e. The maximum absolute atomic E-state index is 12.0. The van der Waals surface area contributed by atoms with Gasteiger partial charge in [0.05, 0.1) is 19.3 Å². The van der Waals surface area contributed by atoms with E-state index < -0.39 is 0 Å². The predicted molar refractivity (Wildman–Crippen MR) is 79.4 cm³/mol. The summed E-state index contributed by atoms with van der Waals surface area (Å²) in [6, 6.07) is 5.81. The molecule has 0 bridgehead atoms. The molecule has 1 aliphatic rings. The lowest BCUT2D eigenvalue weighted by molar-refractivity contribution is -0.119. The van der Waals surface area contributed by atoms with Gasteiger partial charge in [0, 0.05) is 23.2 Å². The molecule has 1 aliphatic heterocycles. The highest BCUT2D eigenvalue weighted by Gasteiger charge is 2.18. The maximum atomic E-state index is 12.0. The number of carbonyl (C=O) groups is 1. The third kappa shape index (κ3) is 4.30. The van der Waals surface area contributed by atoms with Crippen molar-refractivity contribution in [2.75, 3.05) is 31.6 Å². The maximum Gasteiger partial charge on any atom is 0.238 e. The smallest absolute Gasteiger partial charge is 0.238 e. The molecule has 2 rings (SSSR count). The van der Waals surface area contributed by atoms with E-state index in [0.717, 1.165) is 28.8 Å². The molecule has 19 heavy (non-hydrogen) atoms. The van der Waals surface area contributed by atoms with Crippen LogP contribution in [0.25, 0.3) is 0 Å². The lowest BCUT2D eigenvalue weighted by Gasteiger charge is -2.30. The van der Waals surface area contributed by atoms with Crippen molar-refractivity contribution in [3.8, 4) is 0 Å². The molecule has 5 heteroatoms. The van der Waals surface area contributed by atoms with Gasteiger partial charge in [-0.1, -0.05) is 15.9 Å². The number of nitrogens with zero attached hydrogens (tertiary/aromatic N) is 1. The average molecular weight is 327 g/mol. The van der Waals surface area contributed by atoms with Gasteiger partial charge < -0.3 is 10.1 Å². The average Bonchev–Trinajstić information content (AvgIpc) is 2.34. The van der Waals surface area contributed by atoms with Crippen molar-refractivity contribution in [3.05, 3.63) is 28.2 Å². The van der Waals surface area contributed by atoms with Gasteiger partial charge in [0.2, 0.25) is 5.91 Å². The van der Waals surface area contributed by atoms with E-state index in [9.17, 15) is 4.79 Å². The minimum absolute atomic E-state index is 0.0239. The van der Waals surface area contributed by atoms with Gasteiger partial charge in [-0.15, -0.1) is 0 Å². The van der Waals surface area contributed by atoms with E-state index in [4.69, 9.17) is 4.74 Å². The van der Waals surface area contributed by atoms with E-state index in [1.165, 1.54) is 0 Å². The Morgan fingerprint density at radius 3 is 3.05 bits per heavy atom. The van der Waals surface area contributed by atoms with Crippen LogP contribution in [-0.2, 0) is 9.53 Å². The van der Waals surface area contributed by atoms with E-state index in [0.29, 0.717) is 13.2 Å². The van der Waals surface area contributed by atoms with Crippen LogP contribution in [0.1, 0.15) is 12.5 Å². The van der Waals surface area contributed by atoms with Gasteiger partial charge in [0.1, 0.15) is 0 Å². The molecule has 1 heterocycles. The number of benzene rings is 1. The first-order valence-electron chi connectivity index (χ1n) is 6.44. The second-order valence-corrected chi connectivity index (χ2v) is 5.78. The van der Waals surface area contributed by atoms with E-state index >= 15 is 0 Å². The molecule has 1 aromatic carbocycles. The van der Waals surface area contributed by atoms with Crippen LogP contribution in [0.3, 0.4) is 0 Å². The first-order valence-corrected chi connectivity index (χ1v) is 7.24. The molecule has 1 fully saturated rings. The zero-order valence-electron chi connectivity index (χ0n) is 11.3. The summed E-state index contributed by atoms with van der Waals surface area (Å²) in [5, 5.41) is 2.93. The predicted octanol–water partition coefficient (Wildman–Crippen LogP) is 2.42. The summed E-state index contributed by atoms with van der Waals surface area (Å²) < 4.78 is 6.51. The van der Waals surface area contributed by atoms with Crippen LogP contribution in [0.2, 0.25) is 0 Å². The van der Waals surface area contributed by atoms with Crippen LogP contribution in [0, 0.1) is 6.92 Å². The molecule has 4 nitrogen and oxygen atoms in total. The number of hydrogen-bond acceptors (Lipinski definition) is 3. The number of ether oxygens (including phenoxy) is 1. The number of amides is 1. The number of rotatable bonds is 3. The zero-order chi connectivity index (χ0) is 13.8. The first-order chi connectivity index (χ1) is 9.04. The Morgan fingerprint density at radius 1 is 1.58 bits per heavy atom. The number of aryl methyl sites for hydroxylation is 1. The molecular formula is C14H19BrN2O2. The Labute approximate surface area is 122 Å². The van der Waals surface area contributed by atoms with Crippen LogP contribution < -0.4 is 5.32 Å². The Morgan fingerprint density at radius 2 is 2.37 bits per heavy atom. The van der Waals surface area contributed by atoms with Gasteiger partial charge in [-0.05, 0) is 37.6 Å². The van der Waals surface area contributed by atoms with Crippen molar-refractivity contribution in [1.29, 1.82) is 0 Å². The fourth-order valence-corrected chi connectivity index (χ4v) is 2.41. The minimum atomic E-state index is 0.0239. The van der Waals surface area contributed by atoms with Crippen LogP contribution >= 0.6 is 15.9 Å². The summed E-state index contributed by atoms with van der Waals surface area (Å²) in [6.07, 6.45) is 0.205. The monoisotopic (exact) mass is 326 g/mol. The summed E-state index contributed by atoms with van der Waals surface area (Å²) in [5.74, 6) is 0.0239. The topological polar surface area (TPSA) is 41.6 Å². The third-order valence-corrected chi connectivity index (χ3v) is 4.02. The standard InChI is InChI=1S/C14H19BrN2O2/c1-10-7-12(3-4-13(10)15)16-14(18)9-17-5-6-19-11(2)8-17/h3-4,7,11H,5-6,8-9H2,1-2H3,(H,16,18)/t11-/m1/s1. The Balaban J connectivity index is 1.88. The van der Waals surface area contributed by atoms with Crippen molar-refractivity contribution < 1.29 is 9.53 Å². The van der Waals surface area contributed by atoms with Crippen LogP contribution in [0.5, 0.6) is 0 Å². The van der Waals surface area contributed by atoms with Crippen LogP contribution in [-0.4, -0.2) is 43.2 Å². The summed E-state index contributed by atoms with van der Waals surface area (Å²) in [5.41, 5.74) is 1.95. The molecule has 1 saturated heterocycles. The molecular weight excluding hydrogens is 308 g/mol. The SMILES string of the molecule is Cc1cc(NC(=O)CN2CCO[C@H](C)C2)ccc1Br. The molecule has 0 aromatic heterocycles. The Bertz CT molecular complexity index is 465. The highest BCUT2D eigenvalue weighted by Crippen LogP contribution is 2.20. The third-order valence-electron chi connectivity index (χ3n) is 3.13. The summed E-state index contributed by atoms with van der Waals surface area (Å²) >= 11 is 3.45. The molecule has 1 amide bonds. The van der Waals surface area contributed by atoms with Crippen molar-refractivity contribution in [3.63, 3.8) is 0 Å². The van der Waals surface area contributed by atoms with E-state index in [1.54, 1.807) is 0 Å². The second kappa shape index (κ2) is 6.50. The fraction of sp³-hybridized carbons (Fsp3) is 0.500. The van der Waals surface area contributed by atoms with Crippen molar-refractivity contribution in [2.24, 2.45) is 0 Å². The fourth-order valence-electron chi connectivity index (χ4n) is 2.16. The number of hydrogen-bond donors (Lipinski definition) is 1. The van der Waals surface area contributed by atoms with E-state index in [1.807, 2.05) is 32.0 Å². The van der Waals surface area contributed by atoms with Gasteiger partial charge in [-0.2, -0.15) is 0 Å². The lowest BCUT2D eigenvalue weighted by atomic mass is 10.2. The molecule has 104 valence electrons. The molecule has 1 atom stereocenters. The second-order valence-electron chi connectivity index (χ2n) is 4.93. The highest BCUT2D eigenvalue weighted by molar-refractivity contribution is 9.10. The molecule has 1 aromatic rings. The molecule has 1 N–H and O–H groups in total. The summed E-state index contributed by atoms with van der Waals surface area (Å²) in [4.78, 5) is 14.1. The molecule has 0 spiro atoms. The van der Waals surface area contributed by atoms with Crippen molar-refractivity contribution in [1.82, 2.24) is 4.90 Å². The first kappa shape index (κ1) is 14.5. The lowest BCUT2D eigenvalue weighted by Crippen LogP contribution is -2.44. The summed E-state index contributed by atoms with van der Waals surface area (Å²) in [6.45, 7) is 6.78. The van der Waals surface area contributed by atoms with E-state index in [-0.39, 0.29) is 12.0 Å². The van der Waals surface area contributed by atoms with Crippen molar-refractivity contribution >= 4 is 27.5 Å². The van der Waals surface area contributed by atoms with Gasteiger partial charge in [-0.25, -0.2) is 0 Å². The number of halogens is 1. The summed E-state index contributed by atoms with van der Waals surface area (Å²) in [7, 11) is 0. The van der Waals surface area contributed by atoms with Gasteiger partial charge >= 0.3 is 0 Å². The molecule has 0 unspecified atom stereocenters. The zero-order valence-corrected chi connectivity index (χ0v) is 12.9. The number of nitrogens with one attached hydrogen (secondary N) is 1. The van der Waals surface area contributed by atoms with Crippen LogP contribution in [0.15, 0.2) is 22.7 Å².